The van der Waals surface area contributed by atoms with Gasteiger partial charge >= 0.3 is 0 Å². The summed E-state index contributed by atoms with van der Waals surface area (Å²) in [5.74, 6) is 1.68. The number of amides is 1. The Bertz CT molecular complexity index is 753. The Morgan fingerprint density at radius 2 is 1.96 bits per heavy atom. The molecule has 0 atom stereocenters. The van der Waals surface area contributed by atoms with Gasteiger partial charge in [-0.15, -0.1) is 0 Å². The number of benzene rings is 1. The van der Waals surface area contributed by atoms with Crippen LogP contribution >= 0.6 is 11.5 Å². The Morgan fingerprint density at radius 1 is 1.17 bits per heavy atom. The van der Waals surface area contributed by atoms with E-state index in [1.54, 1.807) is 0 Å². The number of carbonyl (C=O) groups is 1. The van der Waals surface area contributed by atoms with Gasteiger partial charge in [0.2, 0.25) is 6.79 Å². The molecule has 2 aliphatic rings. The number of rotatable bonds is 3. The summed E-state index contributed by atoms with van der Waals surface area (Å²) in [5, 5.41) is 0. The van der Waals surface area contributed by atoms with Crippen LogP contribution in [0.4, 0.5) is 0 Å². The lowest BCUT2D eigenvalue weighted by molar-refractivity contribution is 0.0624. The maximum Gasteiger partial charge on any atom is 0.273 e. The van der Waals surface area contributed by atoms with Crippen LogP contribution in [0.1, 0.15) is 20.9 Å². The van der Waals surface area contributed by atoms with Crippen LogP contribution in [0.15, 0.2) is 24.3 Å². The van der Waals surface area contributed by atoms with Gasteiger partial charge in [-0.1, -0.05) is 6.07 Å². The van der Waals surface area contributed by atoms with Gasteiger partial charge in [0.1, 0.15) is 5.69 Å². The van der Waals surface area contributed by atoms with Gasteiger partial charge in [0, 0.05) is 37.6 Å². The third-order valence-corrected chi connectivity index (χ3v) is 5.04. The summed E-state index contributed by atoms with van der Waals surface area (Å²) in [6.07, 6.45) is 0. The number of ether oxygens (including phenoxy) is 2. The molecule has 1 fully saturated rings. The molecular formula is C17H19N3O3S. The number of carbonyl (C=O) groups excluding carboxylic acids is 1. The number of hydrogen-bond donors (Lipinski definition) is 0. The molecule has 1 amide bonds. The van der Waals surface area contributed by atoms with Crippen molar-refractivity contribution in [3.05, 3.63) is 40.4 Å². The quantitative estimate of drug-likeness (QED) is 0.853. The highest BCUT2D eigenvalue weighted by atomic mass is 32.1. The Morgan fingerprint density at radius 3 is 2.71 bits per heavy atom. The lowest BCUT2D eigenvalue weighted by Gasteiger charge is -2.34. The Balaban J connectivity index is 1.34. The normalized spacial score (nSPS) is 17.3. The van der Waals surface area contributed by atoms with Crippen molar-refractivity contribution in [1.29, 1.82) is 0 Å². The Kier molecular flexibility index (Phi) is 4.12. The molecule has 0 aliphatic carbocycles. The molecule has 4 rings (SSSR count). The van der Waals surface area contributed by atoms with Gasteiger partial charge in [0.15, 0.2) is 11.5 Å². The topological polar surface area (TPSA) is 54.9 Å². The van der Waals surface area contributed by atoms with E-state index in [1.165, 1.54) is 17.1 Å². The van der Waals surface area contributed by atoms with Crippen molar-refractivity contribution in [3.8, 4) is 11.5 Å². The molecule has 1 aromatic carbocycles. The van der Waals surface area contributed by atoms with E-state index in [0.717, 1.165) is 49.1 Å². The van der Waals surface area contributed by atoms with Crippen LogP contribution in [0.25, 0.3) is 0 Å². The van der Waals surface area contributed by atoms with Crippen molar-refractivity contribution in [2.75, 3.05) is 33.0 Å². The summed E-state index contributed by atoms with van der Waals surface area (Å²) in [7, 11) is 0. The number of aryl methyl sites for hydroxylation is 1. The van der Waals surface area contributed by atoms with Gasteiger partial charge < -0.3 is 14.4 Å². The van der Waals surface area contributed by atoms with E-state index in [9.17, 15) is 4.79 Å². The first-order valence-electron chi connectivity index (χ1n) is 8.02. The summed E-state index contributed by atoms with van der Waals surface area (Å²) in [6, 6.07) is 7.94. The molecule has 0 radical (unpaired) electrons. The second-order valence-corrected chi connectivity index (χ2v) is 7.09. The third-order valence-electron chi connectivity index (χ3n) is 4.35. The average Bonchev–Trinajstić information content (AvgIpc) is 3.23. The molecule has 0 unspecified atom stereocenters. The van der Waals surface area contributed by atoms with Crippen LogP contribution in [0.2, 0.25) is 0 Å². The molecule has 126 valence electrons. The van der Waals surface area contributed by atoms with Crippen LogP contribution in [-0.2, 0) is 6.54 Å². The largest absolute Gasteiger partial charge is 0.454 e. The van der Waals surface area contributed by atoms with E-state index in [0.29, 0.717) is 12.5 Å². The van der Waals surface area contributed by atoms with Crippen LogP contribution in [0, 0.1) is 6.92 Å². The molecule has 0 spiro atoms. The standard InChI is InChI=1S/C17H19N3O3S/c1-12-8-14(18-24-12)17(21)20-6-4-19(5-7-20)10-13-2-3-15-16(9-13)23-11-22-15/h2-3,8-9H,4-7,10-11H2,1H3. The molecule has 24 heavy (non-hydrogen) atoms. The highest BCUT2D eigenvalue weighted by Crippen LogP contribution is 2.32. The fourth-order valence-corrected chi connectivity index (χ4v) is 3.57. The summed E-state index contributed by atoms with van der Waals surface area (Å²) in [5.41, 5.74) is 1.77. The molecule has 0 N–H and O–H groups in total. The van der Waals surface area contributed by atoms with E-state index >= 15 is 0 Å². The fraction of sp³-hybridized carbons (Fsp3) is 0.412. The second kappa shape index (κ2) is 6.41. The summed E-state index contributed by atoms with van der Waals surface area (Å²) >= 11 is 1.38. The van der Waals surface area contributed by atoms with E-state index in [1.807, 2.05) is 30.0 Å². The first-order chi connectivity index (χ1) is 11.7. The summed E-state index contributed by atoms with van der Waals surface area (Å²) < 4.78 is 15.0. The minimum Gasteiger partial charge on any atom is -0.454 e. The zero-order valence-corrected chi connectivity index (χ0v) is 14.3. The lowest BCUT2D eigenvalue weighted by Crippen LogP contribution is -2.48. The van der Waals surface area contributed by atoms with Crippen LogP contribution < -0.4 is 9.47 Å². The van der Waals surface area contributed by atoms with Gasteiger partial charge in [-0.2, -0.15) is 4.37 Å². The van der Waals surface area contributed by atoms with Crippen LogP contribution in [0.5, 0.6) is 11.5 Å². The van der Waals surface area contributed by atoms with Crippen molar-refractivity contribution >= 4 is 17.4 Å². The van der Waals surface area contributed by atoms with Gasteiger partial charge in [0.25, 0.3) is 5.91 Å². The minimum absolute atomic E-state index is 0.0436. The third kappa shape index (κ3) is 3.09. The molecular weight excluding hydrogens is 326 g/mol. The van der Waals surface area contributed by atoms with E-state index in [4.69, 9.17) is 9.47 Å². The Hall–Kier alpha value is -2.12. The van der Waals surface area contributed by atoms with Crippen LogP contribution in [0.3, 0.4) is 0 Å². The summed E-state index contributed by atoms with van der Waals surface area (Å²) in [4.78, 5) is 17.7. The Labute approximate surface area is 144 Å². The average molecular weight is 345 g/mol. The van der Waals surface area contributed by atoms with E-state index in [-0.39, 0.29) is 5.91 Å². The van der Waals surface area contributed by atoms with Crippen molar-refractivity contribution in [2.24, 2.45) is 0 Å². The van der Waals surface area contributed by atoms with Gasteiger partial charge in [0.05, 0.1) is 0 Å². The van der Waals surface area contributed by atoms with Crippen molar-refractivity contribution in [3.63, 3.8) is 0 Å². The van der Waals surface area contributed by atoms with Crippen molar-refractivity contribution < 1.29 is 14.3 Å². The molecule has 1 aromatic heterocycles. The second-order valence-electron chi connectivity index (χ2n) is 6.08. The number of hydrogen-bond acceptors (Lipinski definition) is 6. The zero-order chi connectivity index (χ0) is 16.5. The maximum absolute atomic E-state index is 12.4. The van der Waals surface area contributed by atoms with E-state index < -0.39 is 0 Å². The maximum atomic E-state index is 12.4. The molecule has 0 bridgehead atoms. The highest BCUT2D eigenvalue weighted by Gasteiger charge is 2.24. The fourth-order valence-electron chi connectivity index (χ4n) is 3.04. The van der Waals surface area contributed by atoms with Gasteiger partial charge in [-0.3, -0.25) is 9.69 Å². The number of nitrogens with zero attached hydrogens (tertiary/aromatic N) is 3. The van der Waals surface area contributed by atoms with E-state index in [2.05, 4.69) is 15.3 Å². The SMILES string of the molecule is Cc1cc(C(=O)N2CCN(Cc3ccc4c(c3)OCO4)CC2)ns1. The number of fused-ring (bicyclic) bond motifs is 1. The molecule has 0 saturated carbocycles. The first-order valence-corrected chi connectivity index (χ1v) is 8.80. The highest BCUT2D eigenvalue weighted by molar-refractivity contribution is 7.05. The van der Waals surface area contributed by atoms with Crippen molar-refractivity contribution in [1.82, 2.24) is 14.2 Å². The first kappa shape index (κ1) is 15.4. The molecule has 3 heterocycles. The molecule has 2 aliphatic heterocycles. The minimum atomic E-state index is 0.0436. The monoisotopic (exact) mass is 345 g/mol. The predicted octanol–water partition coefficient (Wildman–Crippen LogP) is 2.14. The molecule has 1 saturated heterocycles. The summed E-state index contributed by atoms with van der Waals surface area (Å²) in [6.45, 7) is 6.33. The lowest BCUT2D eigenvalue weighted by atomic mass is 10.1. The zero-order valence-electron chi connectivity index (χ0n) is 13.5. The predicted molar refractivity (Wildman–Crippen MR) is 90.6 cm³/mol. The molecule has 7 heteroatoms. The van der Waals surface area contributed by atoms with Crippen molar-refractivity contribution in [2.45, 2.75) is 13.5 Å². The smallest absolute Gasteiger partial charge is 0.273 e. The number of piperazine rings is 1. The van der Waals surface area contributed by atoms with Gasteiger partial charge in [-0.05, 0) is 42.2 Å². The van der Waals surface area contributed by atoms with Gasteiger partial charge in [-0.25, -0.2) is 0 Å². The molecule has 6 nitrogen and oxygen atoms in total. The van der Waals surface area contributed by atoms with Crippen LogP contribution in [-0.4, -0.2) is 53.1 Å². The molecule has 2 aromatic rings. The number of aromatic nitrogens is 1.